The van der Waals surface area contributed by atoms with Crippen LogP contribution in [-0.4, -0.2) is 214 Å². The van der Waals surface area contributed by atoms with Crippen molar-refractivity contribution in [2.24, 2.45) is 25.0 Å². The number of aliphatic hydroxyl groups excluding tert-OH is 4. The number of allylic oxidation sites excluding steroid dienone is 8. The summed E-state index contributed by atoms with van der Waals surface area (Å²) in [6.45, 7) is 21.3. The van der Waals surface area contributed by atoms with E-state index in [1.54, 1.807) is 19.2 Å². The predicted molar refractivity (Wildman–Crippen MR) is 417 cm³/mol. The van der Waals surface area contributed by atoms with Gasteiger partial charge in [-0.3, -0.25) is 28.0 Å². The normalized spacial score (nSPS) is 13.4. The third kappa shape index (κ3) is 44.9. The van der Waals surface area contributed by atoms with Gasteiger partial charge in [-0.25, -0.2) is 9.78 Å². The van der Waals surface area contributed by atoms with Crippen LogP contribution >= 0.6 is 0 Å². The number of hydrogen-bond donors (Lipinski definition) is 5. The summed E-state index contributed by atoms with van der Waals surface area (Å²) in [5, 5.41) is 41.8. The van der Waals surface area contributed by atoms with Crippen LogP contribution in [0.25, 0.3) is 0 Å². The molecule has 6 aromatic carbocycles. The number of carbonyl (C=O) groups excluding carboxylic acids is 4. The molecule has 5 radical (unpaired) electrons. The van der Waals surface area contributed by atoms with E-state index in [2.05, 4.69) is 124 Å². The molecule has 5 aliphatic heterocycles. The SMILES string of the molecule is CC(=O)C=C(C)O.CC(=O)C=C(C)O.CC(=O)C=C(C)O.CC(=O)C=C(C)O.CN1CCN=C1c1[c-]cc(F)cc1F.CN1CCN=C1c1[c-]cccc1.CN1CCN=C1c1[c-]cccc1.COc1c[c-]c(C2=NCCN2C)cc1.O=C(O)c1ccccn1.[Ir].[Ir].[Ir].[Ir].[Ir].[c-]1ccccc1C1=NCCN1Cc1ccccc1. The minimum Gasteiger partial charge on any atom is -0.540 e. The second kappa shape index (κ2) is 60.7. The number of aromatic carboxylic acids is 1. The van der Waals surface area contributed by atoms with Gasteiger partial charge in [0.2, 0.25) is 0 Å². The second-order valence-corrected chi connectivity index (χ2v) is 23.7. The number of amidine groups is 5. The molecule has 1 aromatic heterocycles. The summed E-state index contributed by atoms with van der Waals surface area (Å²) in [6, 6.07) is 62.2. The van der Waals surface area contributed by atoms with Gasteiger partial charge in [-0.2, -0.15) is 0 Å². The number of carboxylic acids is 1. The molecule has 5 N–H and O–H groups in total. The summed E-state index contributed by atoms with van der Waals surface area (Å²) in [5.41, 5.74) is 5.96. The molecule has 0 amide bonds. The Balaban J connectivity index is -0.00000119. The van der Waals surface area contributed by atoms with Gasteiger partial charge in [0.05, 0.1) is 30.1 Å². The van der Waals surface area contributed by atoms with Crippen molar-refractivity contribution in [1.29, 1.82) is 0 Å². The third-order valence-corrected chi connectivity index (χ3v) is 14.1. The average Bonchev–Trinajstić information content (AvgIpc) is 1.63. The summed E-state index contributed by atoms with van der Waals surface area (Å²) in [5.74, 6) is 3.12. The fourth-order valence-corrected chi connectivity index (χ4v) is 9.52. The van der Waals surface area contributed by atoms with Crippen LogP contribution in [0.15, 0.2) is 230 Å². The van der Waals surface area contributed by atoms with Crippen LogP contribution in [-0.2, 0) is 126 Å². The predicted octanol–water partition coefficient (Wildman–Crippen LogP) is 12.7. The second-order valence-electron chi connectivity index (χ2n) is 23.7. The monoisotopic (exact) mass is 2430 g/mol. The molecule has 0 saturated heterocycles. The number of carbonyl (C=O) groups is 5. The molecule has 7 aromatic rings. The molecule has 0 bridgehead atoms. The van der Waals surface area contributed by atoms with E-state index in [0.717, 1.165) is 129 Å². The fourth-order valence-electron chi connectivity index (χ4n) is 9.52. The first-order valence-corrected chi connectivity index (χ1v) is 33.9. The van der Waals surface area contributed by atoms with E-state index in [4.69, 9.17) is 30.3 Å². The zero-order valence-electron chi connectivity index (χ0n) is 64.6. The van der Waals surface area contributed by atoms with Gasteiger partial charge in [0.25, 0.3) is 0 Å². The van der Waals surface area contributed by atoms with E-state index in [0.29, 0.717) is 12.4 Å². The summed E-state index contributed by atoms with van der Waals surface area (Å²) < 4.78 is 31.0. The van der Waals surface area contributed by atoms with E-state index in [1.165, 1.54) is 97.5 Å². The molecule has 613 valence electrons. The summed E-state index contributed by atoms with van der Waals surface area (Å²) in [4.78, 5) is 86.3. The topological polar surface area (TPSA) is 287 Å². The molecule has 6 heterocycles. The molecule has 22 nitrogen and oxygen atoms in total. The zero-order chi connectivity index (χ0) is 79.2. The first-order chi connectivity index (χ1) is 51.0. The van der Waals surface area contributed by atoms with Gasteiger partial charge in [0.15, 0.2) is 23.1 Å². The van der Waals surface area contributed by atoms with Gasteiger partial charge in [-0.15, -0.1) is 150 Å². The third-order valence-electron chi connectivity index (χ3n) is 14.1. The number of hydrogen-bond acceptors (Lipinski definition) is 21. The molecule has 112 heavy (non-hydrogen) atoms. The van der Waals surface area contributed by atoms with Gasteiger partial charge in [0, 0.05) is 250 Å². The minimum absolute atomic E-state index is 0. The minimum atomic E-state index is -0.990. The molecular weight excluding hydrogens is 2330 g/mol. The van der Waals surface area contributed by atoms with E-state index in [1.807, 2.05) is 110 Å². The number of aliphatic imine (C=N–C) groups is 5. The smallest absolute Gasteiger partial charge is 0.354 e. The number of likely N-dealkylation sites (N-methyl/N-ethyl adjacent to an activating group) is 4. The van der Waals surface area contributed by atoms with E-state index >= 15 is 0 Å². The maximum Gasteiger partial charge on any atom is 0.354 e. The van der Waals surface area contributed by atoms with Crippen molar-refractivity contribution in [2.45, 2.75) is 61.9 Å². The van der Waals surface area contributed by atoms with Crippen molar-refractivity contribution in [3.8, 4) is 5.75 Å². The number of rotatable bonds is 13. The quantitative estimate of drug-likeness (QED) is 0.0407. The molecule has 0 aliphatic carbocycles. The van der Waals surface area contributed by atoms with Crippen LogP contribution in [0.3, 0.4) is 0 Å². The maximum absolute atomic E-state index is 13.3. The van der Waals surface area contributed by atoms with Gasteiger partial charge in [0.1, 0.15) is 5.69 Å². The van der Waals surface area contributed by atoms with Gasteiger partial charge in [-0.05, 0) is 101 Å². The molecule has 5 aliphatic rings. The Morgan fingerprint density at radius 1 is 0.429 bits per heavy atom. The number of pyridine rings is 1. The number of ether oxygens (including phenoxy) is 1. The van der Waals surface area contributed by atoms with Crippen LogP contribution in [0.5, 0.6) is 5.75 Å². The zero-order valence-corrected chi connectivity index (χ0v) is 76.6. The van der Waals surface area contributed by atoms with Gasteiger partial charge < -0.3 is 79.7 Å². The average molecular weight is 2420 g/mol. The number of halogens is 2. The molecule has 0 spiro atoms. The van der Waals surface area contributed by atoms with Crippen LogP contribution in [0, 0.1) is 42.0 Å². The standard InChI is InChI=1S/C16H15N2.C11H13N2O.C10H9F2N2.2C10H11N2.C6H5NO2.4C5H8O2.5Ir/c1-3-7-14(8-4-1)13-18-12-11-17-16(18)15-9-5-2-6-10-15;1-13-8-7-12-11(13)9-3-5-10(14-2)6-4-9;1-14-5-4-13-10(14)8-3-2-7(11)6-9(8)12;2*1-12-8-7-11-10(12)9-5-3-2-4-6-9;8-6(9)5-3-1-2-4-7-5;4*1-4(6)3-5(2)7;;;;;/h1-9H,11-13H2;3,5-6H,7-8H2,1-2H3;2,6H,4-5H2,1H3;2*2-5H,7-8H2,1H3;1-4H,(H,8,9);4*3,6H,1-2H3;;;;;/q5*-1;;;;;;;;;;. The Hall–Kier alpha value is -8.96. The number of aromatic nitrogens is 1. The summed E-state index contributed by atoms with van der Waals surface area (Å²) in [7, 11) is 9.65. The van der Waals surface area contributed by atoms with Crippen LogP contribution in [0.4, 0.5) is 8.78 Å². The Labute approximate surface area is 724 Å². The van der Waals surface area contributed by atoms with Crippen LogP contribution < -0.4 is 4.74 Å². The Kier molecular flexibility index (Phi) is 58.1. The number of nitrogens with zero attached hydrogens (tertiary/aromatic N) is 11. The first-order valence-electron chi connectivity index (χ1n) is 33.9. The van der Waals surface area contributed by atoms with Crippen LogP contribution in [0.1, 0.15) is 99.3 Å². The van der Waals surface area contributed by atoms with Gasteiger partial charge in [-0.1, -0.05) is 48.0 Å². The first kappa shape index (κ1) is 107. The number of carboxylic acid groups (broad SMARTS) is 1. The van der Waals surface area contributed by atoms with E-state index in [9.17, 15) is 32.8 Å². The Morgan fingerprint density at radius 2 is 0.786 bits per heavy atom. The fraction of sp³-hybridized carbons (Fsp3) is 0.289. The molecule has 12 rings (SSSR count). The van der Waals surface area contributed by atoms with Crippen molar-refractivity contribution >= 4 is 58.3 Å². The largest absolute Gasteiger partial charge is 0.540 e. The number of methoxy groups -OCH3 is 1. The molecular formula is C83H96F2Ir5N11O11-5. The molecule has 0 atom stereocenters. The van der Waals surface area contributed by atoms with Crippen LogP contribution in [0.2, 0.25) is 0 Å². The van der Waals surface area contributed by atoms with Gasteiger partial charge >= 0.3 is 5.97 Å². The van der Waals surface area contributed by atoms with Crippen molar-refractivity contribution in [2.75, 3.05) is 101 Å². The van der Waals surface area contributed by atoms with Crippen molar-refractivity contribution in [1.82, 2.24) is 29.5 Å². The molecule has 29 heteroatoms. The Morgan fingerprint density at radius 3 is 1.07 bits per heavy atom. The van der Waals surface area contributed by atoms with Crippen molar-refractivity contribution in [3.63, 3.8) is 0 Å². The molecule has 0 unspecified atom stereocenters. The number of aliphatic hydroxyl groups is 4. The summed E-state index contributed by atoms with van der Waals surface area (Å²) in [6.07, 6.45) is 6.11. The van der Waals surface area contributed by atoms with E-state index in [-0.39, 0.29) is 158 Å². The van der Waals surface area contributed by atoms with E-state index < -0.39 is 17.6 Å². The maximum atomic E-state index is 13.3. The summed E-state index contributed by atoms with van der Waals surface area (Å²) >= 11 is 0. The molecule has 0 saturated carbocycles. The number of ketones is 4. The Bertz CT molecular complexity index is 4030. The van der Waals surface area contributed by atoms with Crippen molar-refractivity contribution < 1.29 is 164 Å². The van der Waals surface area contributed by atoms with Crippen molar-refractivity contribution in [3.05, 3.63) is 286 Å². The molecule has 0 fully saturated rings. The number of benzene rings is 6.